The highest BCUT2D eigenvalue weighted by molar-refractivity contribution is 7.13. The van der Waals surface area contributed by atoms with E-state index in [1.54, 1.807) is 11.3 Å². The summed E-state index contributed by atoms with van der Waals surface area (Å²) < 4.78 is 0. The largest absolute Gasteiger partial charge is 0.372 e. The minimum Gasteiger partial charge on any atom is -0.372 e. The molecular formula is C27H37NS. The van der Waals surface area contributed by atoms with Gasteiger partial charge in [0, 0.05) is 23.7 Å². The molecule has 2 heteroatoms. The summed E-state index contributed by atoms with van der Waals surface area (Å²) >= 11 is 1.74. The van der Waals surface area contributed by atoms with E-state index in [0.29, 0.717) is 0 Å². The Hall–Kier alpha value is -1.98. The van der Waals surface area contributed by atoms with Crippen molar-refractivity contribution in [1.29, 1.82) is 0 Å². The molecule has 1 aromatic carbocycles. The topological polar surface area (TPSA) is 3.24 Å². The number of rotatable bonds is 13. The lowest BCUT2D eigenvalue weighted by Crippen LogP contribution is -2.25. The zero-order valence-electron chi connectivity index (χ0n) is 18.5. The lowest BCUT2D eigenvalue weighted by molar-refractivity contribution is 0.609. The molecule has 2 rings (SSSR count). The Labute approximate surface area is 182 Å². The summed E-state index contributed by atoms with van der Waals surface area (Å²) in [6.07, 6.45) is 15.0. The van der Waals surface area contributed by atoms with E-state index in [4.69, 9.17) is 0 Å². The molecule has 0 aliphatic carbocycles. The Balaban J connectivity index is 1.97. The van der Waals surface area contributed by atoms with Crippen molar-refractivity contribution in [3.8, 4) is 11.8 Å². The maximum atomic E-state index is 3.12. The van der Waals surface area contributed by atoms with E-state index >= 15 is 0 Å². The average molecular weight is 408 g/mol. The van der Waals surface area contributed by atoms with Crippen molar-refractivity contribution in [2.45, 2.75) is 72.1 Å². The molecule has 0 N–H and O–H groups in total. The summed E-state index contributed by atoms with van der Waals surface area (Å²) in [5.74, 6) is 6.09. The number of anilines is 1. The molecule has 1 aromatic heterocycles. The van der Waals surface area contributed by atoms with Gasteiger partial charge < -0.3 is 4.90 Å². The van der Waals surface area contributed by atoms with Crippen molar-refractivity contribution in [2.24, 2.45) is 0 Å². The second-order valence-electron chi connectivity index (χ2n) is 7.61. The van der Waals surface area contributed by atoms with E-state index in [2.05, 4.69) is 79.1 Å². The van der Waals surface area contributed by atoms with Crippen LogP contribution in [-0.2, 0) is 0 Å². The third-order valence-electron chi connectivity index (χ3n) is 5.14. The highest BCUT2D eigenvalue weighted by atomic mass is 32.1. The second kappa shape index (κ2) is 14.1. The zero-order valence-corrected chi connectivity index (χ0v) is 19.4. The van der Waals surface area contributed by atoms with E-state index in [0.717, 1.165) is 4.88 Å². The Bertz CT molecular complexity index is 761. The number of benzene rings is 1. The molecule has 0 fully saturated rings. The molecule has 0 aliphatic rings. The molecule has 156 valence electrons. The SMILES string of the molecule is CC#Cc1ccc(/C=C/c2ccc(N(CCCCCC)CCCCCC)cc2)s1. The molecule has 0 atom stereocenters. The van der Waals surface area contributed by atoms with Crippen molar-refractivity contribution in [3.63, 3.8) is 0 Å². The molecule has 0 aliphatic heterocycles. The summed E-state index contributed by atoms with van der Waals surface area (Å²) in [5.41, 5.74) is 2.62. The van der Waals surface area contributed by atoms with Crippen LogP contribution in [0.25, 0.3) is 12.2 Å². The van der Waals surface area contributed by atoms with Crippen molar-refractivity contribution in [3.05, 3.63) is 51.7 Å². The van der Waals surface area contributed by atoms with Gasteiger partial charge in [-0.1, -0.05) is 76.5 Å². The molecule has 2 aromatic rings. The normalized spacial score (nSPS) is 10.9. The average Bonchev–Trinajstić information content (AvgIpc) is 3.19. The minimum atomic E-state index is 1.13. The number of hydrogen-bond donors (Lipinski definition) is 0. The fourth-order valence-corrected chi connectivity index (χ4v) is 4.25. The van der Waals surface area contributed by atoms with Gasteiger partial charge >= 0.3 is 0 Å². The molecule has 0 saturated carbocycles. The molecule has 0 spiro atoms. The van der Waals surface area contributed by atoms with Gasteiger partial charge in [-0.3, -0.25) is 0 Å². The van der Waals surface area contributed by atoms with Gasteiger partial charge in [0.25, 0.3) is 0 Å². The number of thiophene rings is 1. The van der Waals surface area contributed by atoms with Gasteiger partial charge in [-0.25, -0.2) is 0 Å². The summed E-state index contributed by atoms with van der Waals surface area (Å²) in [6.45, 7) is 8.80. The summed E-state index contributed by atoms with van der Waals surface area (Å²) in [7, 11) is 0. The standard InChI is InChI=1S/C27H37NS/c1-4-7-9-11-22-28(23-12-10-8-5-2)25-17-14-24(15-18-25)16-19-27-21-20-26(29-27)13-6-3/h14-21H,4-5,7-12,22-23H2,1-3H3/b19-16+. The zero-order chi connectivity index (χ0) is 20.7. The Morgan fingerprint density at radius 3 is 2.03 bits per heavy atom. The van der Waals surface area contributed by atoms with Crippen LogP contribution in [0.4, 0.5) is 5.69 Å². The fraction of sp³-hybridized carbons (Fsp3) is 0.481. The van der Waals surface area contributed by atoms with Gasteiger partial charge in [0.1, 0.15) is 0 Å². The van der Waals surface area contributed by atoms with Crippen molar-refractivity contribution in [1.82, 2.24) is 0 Å². The summed E-state index contributed by atoms with van der Waals surface area (Å²) in [6, 6.07) is 13.3. The maximum absolute atomic E-state index is 3.12. The van der Waals surface area contributed by atoms with Crippen molar-refractivity contribution in [2.75, 3.05) is 18.0 Å². The van der Waals surface area contributed by atoms with Crippen molar-refractivity contribution < 1.29 is 0 Å². The first kappa shape index (κ1) is 23.3. The smallest absolute Gasteiger partial charge is 0.0774 e. The lowest BCUT2D eigenvalue weighted by Gasteiger charge is -2.25. The molecular weight excluding hydrogens is 370 g/mol. The molecule has 0 bridgehead atoms. The van der Waals surface area contributed by atoms with E-state index in [-0.39, 0.29) is 0 Å². The summed E-state index contributed by atoms with van der Waals surface area (Å²) in [5, 5.41) is 0. The third kappa shape index (κ3) is 8.92. The predicted molar refractivity (Wildman–Crippen MR) is 133 cm³/mol. The van der Waals surface area contributed by atoms with Gasteiger partial charge in [-0.15, -0.1) is 17.3 Å². The first-order chi connectivity index (χ1) is 14.3. The quantitative estimate of drug-likeness (QED) is 0.238. The molecule has 0 saturated heterocycles. The minimum absolute atomic E-state index is 1.13. The Morgan fingerprint density at radius 2 is 1.45 bits per heavy atom. The molecule has 29 heavy (non-hydrogen) atoms. The van der Waals surface area contributed by atoms with Crippen LogP contribution in [-0.4, -0.2) is 13.1 Å². The highest BCUT2D eigenvalue weighted by Gasteiger charge is 2.06. The Morgan fingerprint density at radius 1 is 0.793 bits per heavy atom. The van der Waals surface area contributed by atoms with E-state index in [1.165, 1.54) is 80.6 Å². The van der Waals surface area contributed by atoms with Gasteiger partial charge in [0.2, 0.25) is 0 Å². The molecule has 1 nitrogen and oxygen atoms in total. The van der Waals surface area contributed by atoms with Crippen LogP contribution in [0.5, 0.6) is 0 Å². The van der Waals surface area contributed by atoms with E-state index in [9.17, 15) is 0 Å². The fourth-order valence-electron chi connectivity index (χ4n) is 3.44. The number of nitrogens with zero attached hydrogens (tertiary/aromatic N) is 1. The van der Waals surface area contributed by atoms with Crippen molar-refractivity contribution >= 4 is 29.2 Å². The van der Waals surface area contributed by atoms with E-state index in [1.807, 2.05) is 6.92 Å². The van der Waals surface area contributed by atoms with Crippen LogP contribution in [0.2, 0.25) is 0 Å². The second-order valence-corrected chi connectivity index (χ2v) is 8.73. The van der Waals surface area contributed by atoms with Gasteiger partial charge in [0.05, 0.1) is 4.88 Å². The van der Waals surface area contributed by atoms with Gasteiger partial charge in [-0.2, -0.15) is 0 Å². The third-order valence-corrected chi connectivity index (χ3v) is 6.10. The first-order valence-electron chi connectivity index (χ1n) is 11.3. The Kier molecular flexibility index (Phi) is 11.3. The van der Waals surface area contributed by atoms with Crippen LogP contribution in [0.1, 0.15) is 87.5 Å². The van der Waals surface area contributed by atoms with Crippen LogP contribution in [0.3, 0.4) is 0 Å². The number of hydrogen-bond acceptors (Lipinski definition) is 2. The predicted octanol–water partition coefficient (Wildman–Crippen LogP) is 8.26. The monoisotopic (exact) mass is 407 g/mol. The van der Waals surface area contributed by atoms with Crippen LogP contribution in [0.15, 0.2) is 36.4 Å². The lowest BCUT2D eigenvalue weighted by atomic mass is 10.1. The molecule has 0 unspecified atom stereocenters. The van der Waals surface area contributed by atoms with Crippen LogP contribution >= 0.6 is 11.3 Å². The molecule has 0 amide bonds. The van der Waals surface area contributed by atoms with E-state index < -0.39 is 0 Å². The number of unbranched alkanes of at least 4 members (excludes halogenated alkanes) is 6. The van der Waals surface area contributed by atoms with Crippen LogP contribution < -0.4 is 4.90 Å². The maximum Gasteiger partial charge on any atom is 0.0774 e. The van der Waals surface area contributed by atoms with Gasteiger partial charge in [-0.05, 0) is 55.7 Å². The summed E-state index contributed by atoms with van der Waals surface area (Å²) in [4.78, 5) is 4.97. The van der Waals surface area contributed by atoms with Gasteiger partial charge in [0.15, 0.2) is 0 Å². The molecule has 0 radical (unpaired) electrons. The van der Waals surface area contributed by atoms with Crippen LogP contribution in [0, 0.1) is 11.8 Å². The molecule has 1 heterocycles. The highest BCUT2D eigenvalue weighted by Crippen LogP contribution is 2.21. The first-order valence-corrected chi connectivity index (χ1v) is 12.1.